The van der Waals surface area contributed by atoms with E-state index < -0.39 is 6.10 Å². The first kappa shape index (κ1) is 13.4. The van der Waals surface area contributed by atoms with Gasteiger partial charge in [-0.2, -0.15) is 0 Å². The molecule has 1 N–H and O–H groups in total. The van der Waals surface area contributed by atoms with Gasteiger partial charge in [0.25, 0.3) is 0 Å². The molecule has 0 saturated heterocycles. The van der Waals surface area contributed by atoms with E-state index in [9.17, 15) is 5.11 Å². The van der Waals surface area contributed by atoms with E-state index in [4.69, 9.17) is 4.42 Å². The van der Waals surface area contributed by atoms with Crippen molar-refractivity contribution < 1.29 is 9.52 Å². The summed E-state index contributed by atoms with van der Waals surface area (Å²) in [5, 5.41) is 10.9. The second kappa shape index (κ2) is 5.06. The van der Waals surface area contributed by atoms with Gasteiger partial charge in [-0.1, -0.05) is 6.07 Å². The normalized spacial score (nSPS) is 19.7. The van der Waals surface area contributed by atoms with E-state index in [2.05, 4.69) is 11.1 Å². The Labute approximate surface area is 119 Å². The molecular formula is C17H21NO2. The lowest BCUT2D eigenvalue weighted by atomic mass is 9.80. The smallest absolute Gasteiger partial charge is 0.107 e. The molecule has 0 bridgehead atoms. The molecule has 0 amide bonds. The van der Waals surface area contributed by atoms with Gasteiger partial charge in [-0.15, -0.1) is 0 Å². The quantitative estimate of drug-likeness (QED) is 0.904. The molecule has 2 aromatic heterocycles. The molecule has 3 heteroatoms. The zero-order valence-corrected chi connectivity index (χ0v) is 12.3. The molecule has 0 spiro atoms. The second-order valence-electron chi connectivity index (χ2n) is 5.74. The number of furan rings is 1. The molecule has 2 unspecified atom stereocenters. The summed E-state index contributed by atoms with van der Waals surface area (Å²) in [6, 6.07) is 4.10. The average molecular weight is 271 g/mol. The summed E-state index contributed by atoms with van der Waals surface area (Å²) in [6.07, 6.45) is 4.45. The summed E-state index contributed by atoms with van der Waals surface area (Å²) in [5.41, 5.74) is 4.35. The number of nitrogens with zero attached hydrogens (tertiary/aromatic N) is 1. The maximum absolute atomic E-state index is 10.9. The van der Waals surface area contributed by atoms with Crippen LogP contribution >= 0.6 is 0 Å². The summed E-state index contributed by atoms with van der Waals surface area (Å²) >= 11 is 0. The molecule has 2 aromatic rings. The first-order chi connectivity index (χ1) is 9.59. The topological polar surface area (TPSA) is 46.3 Å². The first-order valence-corrected chi connectivity index (χ1v) is 7.28. The molecule has 1 aliphatic rings. The van der Waals surface area contributed by atoms with Crippen LogP contribution in [0.2, 0.25) is 0 Å². The number of fused-ring (bicyclic) bond motifs is 1. The first-order valence-electron chi connectivity index (χ1n) is 7.28. The number of aromatic nitrogens is 1. The van der Waals surface area contributed by atoms with Crippen molar-refractivity contribution in [2.45, 2.75) is 52.1 Å². The van der Waals surface area contributed by atoms with E-state index >= 15 is 0 Å². The Balaban J connectivity index is 2.02. The Morgan fingerprint density at radius 1 is 1.30 bits per heavy atom. The van der Waals surface area contributed by atoms with E-state index in [0.717, 1.165) is 47.6 Å². The van der Waals surface area contributed by atoms with E-state index in [-0.39, 0.29) is 5.92 Å². The van der Waals surface area contributed by atoms with Gasteiger partial charge in [0, 0.05) is 23.4 Å². The summed E-state index contributed by atoms with van der Waals surface area (Å²) in [7, 11) is 0. The fourth-order valence-electron chi connectivity index (χ4n) is 3.40. The molecule has 2 atom stereocenters. The van der Waals surface area contributed by atoms with Crippen LogP contribution in [0, 0.1) is 20.8 Å². The highest BCUT2D eigenvalue weighted by Gasteiger charge is 2.32. The Kier molecular flexibility index (Phi) is 3.38. The lowest BCUT2D eigenvalue weighted by Gasteiger charge is -2.28. The fraction of sp³-hybridized carbons (Fsp3) is 0.471. The third-order valence-electron chi connectivity index (χ3n) is 4.53. The van der Waals surface area contributed by atoms with Gasteiger partial charge in [0.05, 0.1) is 6.10 Å². The lowest BCUT2D eigenvalue weighted by molar-refractivity contribution is 0.131. The average Bonchev–Trinajstić information content (AvgIpc) is 2.71. The van der Waals surface area contributed by atoms with Gasteiger partial charge in [-0.25, -0.2) is 0 Å². The standard InChI is InChI=1S/C17H21NO2/c1-10-11(2)20-12(3)15(10)17(19)14-8-4-6-13-7-5-9-18-16(13)14/h5,7,9,14,17,19H,4,6,8H2,1-3H3. The molecular weight excluding hydrogens is 250 g/mol. The SMILES string of the molecule is Cc1oc(C)c(C(O)C2CCCc3cccnc32)c1C. The number of pyridine rings is 1. The summed E-state index contributed by atoms with van der Waals surface area (Å²) in [6.45, 7) is 5.90. The van der Waals surface area contributed by atoms with E-state index in [1.54, 1.807) is 0 Å². The highest BCUT2D eigenvalue weighted by atomic mass is 16.3. The van der Waals surface area contributed by atoms with Crippen molar-refractivity contribution in [2.24, 2.45) is 0 Å². The minimum Gasteiger partial charge on any atom is -0.466 e. The maximum Gasteiger partial charge on any atom is 0.107 e. The van der Waals surface area contributed by atoms with Gasteiger partial charge in [0.2, 0.25) is 0 Å². The third-order valence-corrected chi connectivity index (χ3v) is 4.53. The largest absolute Gasteiger partial charge is 0.466 e. The minimum absolute atomic E-state index is 0.0781. The molecule has 0 saturated carbocycles. The number of hydrogen-bond donors (Lipinski definition) is 1. The second-order valence-corrected chi connectivity index (χ2v) is 5.74. The van der Waals surface area contributed by atoms with Crippen LogP contribution in [0.3, 0.4) is 0 Å². The molecule has 20 heavy (non-hydrogen) atoms. The molecule has 106 valence electrons. The van der Waals surface area contributed by atoms with Gasteiger partial charge >= 0.3 is 0 Å². The Morgan fingerprint density at radius 2 is 2.10 bits per heavy atom. The van der Waals surface area contributed by atoms with Crippen LogP contribution in [0.1, 0.15) is 58.8 Å². The monoisotopic (exact) mass is 271 g/mol. The summed E-state index contributed by atoms with van der Waals surface area (Å²) in [5.74, 6) is 1.80. The third kappa shape index (κ3) is 2.06. The van der Waals surface area contributed by atoms with Gasteiger partial charge in [0.1, 0.15) is 11.5 Å². The van der Waals surface area contributed by atoms with E-state index in [1.807, 2.05) is 33.0 Å². The Hall–Kier alpha value is -1.61. The van der Waals surface area contributed by atoms with Crippen molar-refractivity contribution in [3.8, 4) is 0 Å². The zero-order chi connectivity index (χ0) is 14.3. The van der Waals surface area contributed by atoms with Crippen molar-refractivity contribution in [3.05, 3.63) is 52.2 Å². The highest BCUT2D eigenvalue weighted by molar-refractivity contribution is 5.37. The predicted octanol–water partition coefficient (Wildman–Crippen LogP) is 3.75. The van der Waals surface area contributed by atoms with Crippen LogP contribution in [-0.2, 0) is 6.42 Å². The number of aliphatic hydroxyl groups is 1. The molecule has 2 heterocycles. The number of aliphatic hydroxyl groups excluding tert-OH is 1. The van der Waals surface area contributed by atoms with Crippen molar-refractivity contribution in [3.63, 3.8) is 0 Å². The zero-order valence-electron chi connectivity index (χ0n) is 12.3. The van der Waals surface area contributed by atoms with Crippen molar-refractivity contribution in [1.29, 1.82) is 0 Å². The molecule has 0 fully saturated rings. The van der Waals surface area contributed by atoms with Gasteiger partial charge < -0.3 is 9.52 Å². The van der Waals surface area contributed by atoms with Crippen LogP contribution < -0.4 is 0 Å². The molecule has 3 nitrogen and oxygen atoms in total. The van der Waals surface area contributed by atoms with Crippen molar-refractivity contribution in [1.82, 2.24) is 4.98 Å². The van der Waals surface area contributed by atoms with E-state index in [1.165, 1.54) is 5.56 Å². The minimum atomic E-state index is -0.526. The van der Waals surface area contributed by atoms with Gasteiger partial charge in [-0.3, -0.25) is 4.98 Å². The lowest BCUT2D eigenvalue weighted by Crippen LogP contribution is -2.19. The van der Waals surface area contributed by atoms with E-state index in [0.29, 0.717) is 0 Å². The number of hydrogen-bond acceptors (Lipinski definition) is 3. The van der Waals surface area contributed by atoms with Crippen molar-refractivity contribution in [2.75, 3.05) is 0 Å². The van der Waals surface area contributed by atoms with Crippen LogP contribution in [0.5, 0.6) is 0 Å². The van der Waals surface area contributed by atoms with Crippen LogP contribution in [0.4, 0.5) is 0 Å². The molecule has 3 rings (SSSR count). The maximum atomic E-state index is 10.9. The highest BCUT2D eigenvalue weighted by Crippen LogP contribution is 2.41. The van der Waals surface area contributed by atoms with Crippen LogP contribution in [-0.4, -0.2) is 10.1 Å². The summed E-state index contributed by atoms with van der Waals surface area (Å²) < 4.78 is 5.66. The number of aryl methyl sites for hydroxylation is 3. The summed E-state index contributed by atoms with van der Waals surface area (Å²) in [4.78, 5) is 4.52. The van der Waals surface area contributed by atoms with Crippen LogP contribution in [0.25, 0.3) is 0 Å². The predicted molar refractivity (Wildman–Crippen MR) is 77.8 cm³/mol. The molecule has 0 aliphatic heterocycles. The Morgan fingerprint density at radius 3 is 2.80 bits per heavy atom. The van der Waals surface area contributed by atoms with Crippen molar-refractivity contribution >= 4 is 0 Å². The molecule has 1 aliphatic carbocycles. The number of rotatable bonds is 2. The molecule has 0 aromatic carbocycles. The van der Waals surface area contributed by atoms with Gasteiger partial charge in [-0.05, 0) is 57.2 Å². The van der Waals surface area contributed by atoms with Gasteiger partial charge in [0.15, 0.2) is 0 Å². The van der Waals surface area contributed by atoms with Crippen LogP contribution in [0.15, 0.2) is 22.7 Å². The fourth-order valence-corrected chi connectivity index (χ4v) is 3.40. The Bertz CT molecular complexity index is 630. The molecule has 0 radical (unpaired) electrons.